The number of piperidine rings is 1. The molecule has 2 aromatic heterocycles. The Bertz CT molecular complexity index is 751. The molecule has 2 atom stereocenters. The van der Waals surface area contributed by atoms with Crippen LogP contribution in [0.4, 0.5) is 10.7 Å². The van der Waals surface area contributed by atoms with Crippen molar-refractivity contribution in [2.75, 3.05) is 24.5 Å². The highest BCUT2D eigenvalue weighted by atomic mass is 16.5. The maximum Gasteiger partial charge on any atom is 0.318 e. The number of hydrogen-bond donors (Lipinski definition) is 1. The molecule has 9 heteroatoms. The second-order valence-electron chi connectivity index (χ2n) is 6.81. The lowest BCUT2D eigenvalue weighted by Crippen LogP contribution is -2.51. The Morgan fingerprint density at radius 1 is 1.23 bits per heavy atom. The zero-order valence-electron chi connectivity index (χ0n) is 14.8. The molecular weight excluding hydrogens is 334 g/mol. The summed E-state index contributed by atoms with van der Waals surface area (Å²) in [7, 11) is 0. The quantitative estimate of drug-likeness (QED) is 0.892. The Hall–Kier alpha value is -2.71. The van der Waals surface area contributed by atoms with E-state index in [-0.39, 0.29) is 18.1 Å². The fraction of sp³-hybridized carbons (Fsp3) is 0.588. The standard InChI is InChI=1S/C17H23N7O2/c1-12-20-15(22-26-12)14-6-3-10-24(14)17(25)21-13-5-2-9-23(11-13)16-18-7-4-8-19-16/h4,7-8,13-14H,2-3,5-6,9-11H2,1H3,(H,21,25). The molecule has 0 spiro atoms. The smallest absolute Gasteiger partial charge is 0.318 e. The first-order valence-electron chi connectivity index (χ1n) is 9.10. The van der Waals surface area contributed by atoms with Gasteiger partial charge in [0.05, 0.1) is 6.04 Å². The van der Waals surface area contributed by atoms with Crippen LogP contribution >= 0.6 is 0 Å². The first-order valence-corrected chi connectivity index (χ1v) is 9.10. The number of likely N-dealkylation sites (tertiary alicyclic amines) is 1. The van der Waals surface area contributed by atoms with Crippen LogP contribution in [0.25, 0.3) is 0 Å². The van der Waals surface area contributed by atoms with E-state index in [9.17, 15) is 4.79 Å². The molecule has 0 aliphatic carbocycles. The number of nitrogens with zero attached hydrogens (tertiary/aromatic N) is 6. The van der Waals surface area contributed by atoms with Gasteiger partial charge >= 0.3 is 6.03 Å². The van der Waals surface area contributed by atoms with Crippen LogP contribution < -0.4 is 10.2 Å². The van der Waals surface area contributed by atoms with Crippen LogP contribution in [-0.4, -0.2) is 56.7 Å². The third-order valence-electron chi connectivity index (χ3n) is 4.94. The average Bonchev–Trinajstić information content (AvgIpc) is 3.31. The van der Waals surface area contributed by atoms with E-state index in [2.05, 4.69) is 30.3 Å². The summed E-state index contributed by atoms with van der Waals surface area (Å²) in [5.74, 6) is 1.84. The molecule has 138 valence electrons. The van der Waals surface area contributed by atoms with Crippen LogP contribution in [0.15, 0.2) is 23.0 Å². The highest BCUT2D eigenvalue weighted by Gasteiger charge is 2.34. The van der Waals surface area contributed by atoms with Gasteiger partial charge < -0.3 is 19.6 Å². The summed E-state index contributed by atoms with van der Waals surface area (Å²) in [6, 6.07) is 1.72. The monoisotopic (exact) mass is 357 g/mol. The lowest BCUT2D eigenvalue weighted by molar-refractivity contribution is 0.184. The molecule has 2 aliphatic heterocycles. The van der Waals surface area contributed by atoms with Crippen molar-refractivity contribution in [1.29, 1.82) is 0 Å². The maximum absolute atomic E-state index is 12.8. The van der Waals surface area contributed by atoms with E-state index in [0.29, 0.717) is 24.2 Å². The van der Waals surface area contributed by atoms with Crippen LogP contribution in [0.1, 0.15) is 43.4 Å². The van der Waals surface area contributed by atoms with Gasteiger partial charge in [-0.25, -0.2) is 14.8 Å². The third-order valence-corrected chi connectivity index (χ3v) is 4.94. The van der Waals surface area contributed by atoms with E-state index >= 15 is 0 Å². The van der Waals surface area contributed by atoms with Crippen molar-refractivity contribution in [3.63, 3.8) is 0 Å². The molecule has 2 aromatic rings. The topological polar surface area (TPSA) is 100 Å². The minimum Gasteiger partial charge on any atom is -0.340 e. The van der Waals surface area contributed by atoms with Gasteiger partial charge in [-0.1, -0.05) is 5.16 Å². The minimum atomic E-state index is -0.107. The van der Waals surface area contributed by atoms with Crippen LogP contribution in [0.5, 0.6) is 0 Å². The van der Waals surface area contributed by atoms with Crippen LogP contribution in [0.2, 0.25) is 0 Å². The Morgan fingerprint density at radius 2 is 2.04 bits per heavy atom. The number of aryl methyl sites for hydroxylation is 1. The summed E-state index contributed by atoms with van der Waals surface area (Å²) in [5, 5.41) is 7.17. The summed E-state index contributed by atoms with van der Waals surface area (Å²) in [6.07, 6.45) is 7.24. The minimum absolute atomic E-state index is 0.0595. The molecule has 4 heterocycles. The number of carbonyl (C=O) groups excluding carboxylic acids is 1. The highest BCUT2D eigenvalue weighted by Crippen LogP contribution is 2.30. The zero-order valence-corrected chi connectivity index (χ0v) is 14.8. The van der Waals surface area contributed by atoms with Crippen molar-refractivity contribution in [1.82, 2.24) is 30.3 Å². The summed E-state index contributed by atoms with van der Waals surface area (Å²) < 4.78 is 5.08. The number of aromatic nitrogens is 4. The summed E-state index contributed by atoms with van der Waals surface area (Å²) in [4.78, 5) is 29.7. The Morgan fingerprint density at radius 3 is 2.81 bits per heavy atom. The molecule has 2 amide bonds. The fourth-order valence-corrected chi connectivity index (χ4v) is 3.72. The predicted octanol–water partition coefficient (Wildman–Crippen LogP) is 1.68. The largest absolute Gasteiger partial charge is 0.340 e. The van der Waals surface area contributed by atoms with Crippen molar-refractivity contribution in [2.45, 2.75) is 44.7 Å². The lowest BCUT2D eigenvalue weighted by atomic mass is 10.1. The first-order chi connectivity index (χ1) is 12.7. The molecule has 0 saturated carbocycles. The normalized spacial score (nSPS) is 23.3. The summed E-state index contributed by atoms with van der Waals surface area (Å²) >= 11 is 0. The van der Waals surface area contributed by atoms with Crippen molar-refractivity contribution in [2.24, 2.45) is 0 Å². The van der Waals surface area contributed by atoms with Gasteiger partial charge in [0.1, 0.15) is 0 Å². The van der Waals surface area contributed by atoms with Gasteiger partial charge in [-0.15, -0.1) is 0 Å². The van der Waals surface area contributed by atoms with Crippen molar-refractivity contribution < 1.29 is 9.32 Å². The molecular formula is C17H23N7O2. The van der Waals surface area contributed by atoms with Gasteiger partial charge in [-0.3, -0.25) is 0 Å². The van der Waals surface area contributed by atoms with E-state index in [0.717, 1.165) is 38.8 Å². The molecule has 4 rings (SSSR count). The van der Waals surface area contributed by atoms with Crippen LogP contribution in [0, 0.1) is 6.92 Å². The SMILES string of the molecule is Cc1nc(C2CCCN2C(=O)NC2CCCN(c3ncccn3)C2)no1. The van der Waals surface area contributed by atoms with Gasteiger partial charge in [0.15, 0.2) is 5.82 Å². The van der Waals surface area contributed by atoms with Crippen LogP contribution in [-0.2, 0) is 0 Å². The number of amides is 2. The van der Waals surface area contributed by atoms with Gasteiger partial charge in [-0.05, 0) is 31.7 Å². The number of carbonyl (C=O) groups is 1. The average molecular weight is 357 g/mol. The Balaban J connectivity index is 1.39. The predicted molar refractivity (Wildman–Crippen MR) is 93.5 cm³/mol. The van der Waals surface area contributed by atoms with Crippen molar-refractivity contribution in [3.05, 3.63) is 30.2 Å². The van der Waals surface area contributed by atoms with E-state index in [4.69, 9.17) is 4.52 Å². The number of urea groups is 1. The molecule has 0 bridgehead atoms. The van der Waals surface area contributed by atoms with Gasteiger partial charge in [0.25, 0.3) is 0 Å². The summed E-state index contributed by atoms with van der Waals surface area (Å²) in [5.41, 5.74) is 0. The number of hydrogen-bond acceptors (Lipinski definition) is 7. The lowest BCUT2D eigenvalue weighted by Gasteiger charge is -2.34. The Labute approximate surface area is 151 Å². The number of nitrogens with one attached hydrogen (secondary N) is 1. The van der Waals surface area contributed by atoms with E-state index < -0.39 is 0 Å². The molecule has 2 saturated heterocycles. The van der Waals surface area contributed by atoms with Gasteiger partial charge in [0, 0.05) is 45.0 Å². The number of rotatable bonds is 3. The zero-order chi connectivity index (χ0) is 17.9. The van der Waals surface area contributed by atoms with E-state index in [1.165, 1.54) is 0 Å². The second-order valence-corrected chi connectivity index (χ2v) is 6.81. The molecule has 0 radical (unpaired) electrons. The first kappa shape index (κ1) is 16.7. The molecule has 2 fully saturated rings. The molecule has 2 unspecified atom stereocenters. The Kier molecular flexibility index (Phi) is 4.68. The molecule has 0 aromatic carbocycles. The number of anilines is 1. The third kappa shape index (κ3) is 3.47. The van der Waals surface area contributed by atoms with E-state index in [1.54, 1.807) is 25.4 Å². The molecule has 26 heavy (non-hydrogen) atoms. The molecule has 9 nitrogen and oxygen atoms in total. The highest BCUT2D eigenvalue weighted by molar-refractivity contribution is 5.75. The summed E-state index contributed by atoms with van der Waals surface area (Å²) in [6.45, 7) is 4.10. The fourth-order valence-electron chi connectivity index (χ4n) is 3.72. The van der Waals surface area contributed by atoms with Gasteiger partial charge in [0.2, 0.25) is 11.8 Å². The second kappa shape index (κ2) is 7.27. The van der Waals surface area contributed by atoms with E-state index in [1.807, 2.05) is 4.90 Å². The molecule has 1 N–H and O–H groups in total. The van der Waals surface area contributed by atoms with Crippen molar-refractivity contribution in [3.8, 4) is 0 Å². The molecule has 2 aliphatic rings. The maximum atomic E-state index is 12.8. The van der Waals surface area contributed by atoms with Crippen LogP contribution in [0.3, 0.4) is 0 Å². The van der Waals surface area contributed by atoms with Gasteiger partial charge in [-0.2, -0.15) is 4.98 Å². The van der Waals surface area contributed by atoms with Crippen molar-refractivity contribution >= 4 is 12.0 Å².